The molecule has 0 saturated carbocycles. The number of hydrogen-bond acceptors (Lipinski definition) is 11. The van der Waals surface area contributed by atoms with Crippen molar-refractivity contribution in [2.75, 3.05) is 63.7 Å². The van der Waals surface area contributed by atoms with E-state index in [0.29, 0.717) is 30.8 Å². The van der Waals surface area contributed by atoms with Gasteiger partial charge in [0.25, 0.3) is 0 Å². The molecule has 0 spiro atoms. The average Bonchev–Trinajstić information content (AvgIpc) is 3.58. The van der Waals surface area contributed by atoms with Crippen molar-refractivity contribution in [1.29, 1.82) is 0 Å². The van der Waals surface area contributed by atoms with E-state index in [4.69, 9.17) is 24.1 Å². The van der Waals surface area contributed by atoms with Crippen molar-refractivity contribution in [1.82, 2.24) is 24.6 Å². The lowest BCUT2D eigenvalue weighted by Gasteiger charge is -2.43. The van der Waals surface area contributed by atoms with Crippen molar-refractivity contribution in [2.24, 2.45) is 0 Å². The maximum absolute atomic E-state index is 12.2. The SMILES string of the molecule is COc1cc(N2CCCC(N3CCN(OC(=O)OCc4ccccc4)CC3)C2)ccc1Nc1ncc2ccc(-c3ccccc3OC)n2n1. The number of ether oxygens (including phenoxy) is 3. The highest BCUT2D eigenvalue weighted by atomic mass is 16.8. The molecule has 7 rings (SSSR count). The summed E-state index contributed by atoms with van der Waals surface area (Å²) in [7, 11) is 3.35. The van der Waals surface area contributed by atoms with Crippen molar-refractivity contribution in [3.63, 3.8) is 0 Å². The number of nitrogens with one attached hydrogen (secondary N) is 1. The summed E-state index contributed by atoms with van der Waals surface area (Å²) in [5, 5.41) is 9.87. The Hall–Kier alpha value is -5.33. The number of benzene rings is 3. The second-order valence-corrected chi connectivity index (χ2v) is 12.2. The van der Waals surface area contributed by atoms with Crippen LogP contribution >= 0.6 is 0 Å². The maximum atomic E-state index is 12.2. The Labute approximate surface area is 285 Å². The monoisotopic (exact) mass is 663 g/mol. The molecule has 1 atom stereocenters. The number of methoxy groups -OCH3 is 2. The number of hydroxylamine groups is 2. The third-order valence-corrected chi connectivity index (χ3v) is 9.17. The van der Waals surface area contributed by atoms with Gasteiger partial charge >= 0.3 is 6.16 Å². The van der Waals surface area contributed by atoms with Gasteiger partial charge in [-0.1, -0.05) is 42.5 Å². The molecule has 1 N–H and O–H groups in total. The first-order chi connectivity index (χ1) is 24.1. The first-order valence-corrected chi connectivity index (χ1v) is 16.6. The van der Waals surface area contributed by atoms with Crippen molar-refractivity contribution < 1.29 is 23.8 Å². The maximum Gasteiger partial charge on any atom is 0.528 e. The Balaban J connectivity index is 0.964. The predicted molar refractivity (Wildman–Crippen MR) is 187 cm³/mol. The molecular weight excluding hydrogens is 622 g/mol. The van der Waals surface area contributed by atoms with E-state index in [1.807, 2.05) is 77.3 Å². The lowest BCUT2D eigenvalue weighted by molar-refractivity contribution is -0.150. The highest BCUT2D eigenvalue weighted by Gasteiger charge is 2.30. The molecule has 2 fully saturated rings. The minimum absolute atomic E-state index is 0.197. The number of piperazine rings is 1. The van der Waals surface area contributed by atoms with Crippen LogP contribution < -0.4 is 19.7 Å². The summed E-state index contributed by atoms with van der Waals surface area (Å²) in [6.07, 6.45) is 3.35. The Morgan fingerprint density at radius 1 is 0.878 bits per heavy atom. The van der Waals surface area contributed by atoms with Crippen LogP contribution in [0.3, 0.4) is 0 Å². The Morgan fingerprint density at radius 2 is 1.67 bits per heavy atom. The molecule has 2 aliphatic heterocycles. The van der Waals surface area contributed by atoms with Gasteiger partial charge in [0.1, 0.15) is 18.1 Å². The van der Waals surface area contributed by atoms with Crippen LogP contribution in [-0.4, -0.2) is 90.2 Å². The molecule has 0 bridgehead atoms. The summed E-state index contributed by atoms with van der Waals surface area (Å²) in [5.74, 6) is 1.95. The Bertz CT molecular complexity index is 1880. The summed E-state index contributed by atoms with van der Waals surface area (Å²) in [4.78, 5) is 27.2. The third kappa shape index (κ3) is 7.40. The standard InChI is InChI=1S/C37H41N7O5/c1-46-34-13-7-6-12-31(34)33-17-15-29-24-38-36(40-44(29)33)39-32-16-14-28(23-35(32)47-2)42-18-8-11-30(25-42)41-19-21-43(22-20-41)49-37(45)48-26-27-9-4-3-5-10-27/h3-7,9-10,12-17,23-24,30H,8,11,18-22,25-26H2,1-2H3,(H,39,40). The first kappa shape index (κ1) is 32.2. The lowest BCUT2D eigenvalue weighted by Crippen LogP contribution is -2.55. The van der Waals surface area contributed by atoms with E-state index in [9.17, 15) is 4.79 Å². The smallest absolute Gasteiger partial charge is 0.496 e. The molecule has 5 aromatic rings. The molecule has 2 aliphatic rings. The van der Waals surface area contributed by atoms with Crippen LogP contribution in [0.2, 0.25) is 0 Å². The molecule has 2 aromatic heterocycles. The zero-order valence-electron chi connectivity index (χ0n) is 27.8. The van der Waals surface area contributed by atoms with Crippen LogP contribution in [0, 0.1) is 0 Å². The number of para-hydroxylation sites is 1. The summed E-state index contributed by atoms with van der Waals surface area (Å²) < 4.78 is 18.6. The van der Waals surface area contributed by atoms with Crippen molar-refractivity contribution in [3.05, 3.63) is 96.7 Å². The van der Waals surface area contributed by atoms with Crippen LogP contribution in [0.25, 0.3) is 16.8 Å². The molecular formula is C37H41N7O5. The van der Waals surface area contributed by atoms with Gasteiger partial charge in [-0.15, -0.1) is 10.2 Å². The van der Waals surface area contributed by atoms with Gasteiger partial charge in [0.05, 0.1) is 37.3 Å². The number of hydrogen-bond donors (Lipinski definition) is 1. The summed E-state index contributed by atoms with van der Waals surface area (Å²) in [6.45, 7) is 5.01. The molecule has 49 heavy (non-hydrogen) atoms. The van der Waals surface area contributed by atoms with Gasteiger partial charge in [0.15, 0.2) is 0 Å². The molecule has 0 aliphatic carbocycles. The van der Waals surface area contributed by atoms with Crippen LogP contribution in [0.4, 0.5) is 22.1 Å². The van der Waals surface area contributed by atoms with E-state index in [0.717, 1.165) is 78.5 Å². The molecule has 0 radical (unpaired) electrons. The minimum atomic E-state index is -0.664. The van der Waals surface area contributed by atoms with E-state index >= 15 is 0 Å². The second kappa shape index (κ2) is 14.8. The van der Waals surface area contributed by atoms with E-state index < -0.39 is 6.16 Å². The predicted octanol–water partition coefficient (Wildman–Crippen LogP) is 6.01. The number of nitrogens with zero attached hydrogens (tertiary/aromatic N) is 6. The number of piperidine rings is 1. The fourth-order valence-electron chi connectivity index (χ4n) is 6.62. The van der Waals surface area contributed by atoms with Gasteiger partial charge in [0.2, 0.25) is 5.95 Å². The molecule has 12 nitrogen and oxygen atoms in total. The molecule has 12 heteroatoms. The summed E-state index contributed by atoms with van der Waals surface area (Å²) in [5.41, 5.74) is 5.56. The van der Waals surface area contributed by atoms with E-state index in [-0.39, 0.29) is 6.61 Å². The molecule has 1 unspecified atom stereocenters. The normalized spacial score (nSPS) is 17.1. The Kier molecular flexibility index (Phi) is 9.76. The van der Waals surface area contributed by atoms with Crippen LogP contribution in [0.1, 0.15) is 18.4 Å². The van der Waals surface area contributed by atoms with Crippen molar-refractivity contribution in [3.8, 4) is 22.8 Å². The Morgan fingerprint density at radius 3 is 2.49 bits per heavy atom. The highest BCUT2D eigenvalue weighted by Crippen LogP contribution is 2.34. The van der Waals surface area contributed by atoms with Crippen LogP contribution in [-0.2, 0) is 16.2 Å². The second-order valence-electron chi connectivity index (χ2n) is 12.2. The molecule has 3 aromatic carbocycles. The number of carbonyl (C=O) groups is 1. The van der Waals surface area contributed by atoms with E-state index in [1.54, 1.807) is 25.5 Å². The number of anilines is 3. The van der Waals surface area contributed by atoms with Gasteiger partial charge in [-0.05, 0) is 54.8 Å². The van der Waals surface area contributed by atoms with Crippen molar-refractivity contribution >= 4 is 29.0 Å². The first-order valence-electron chi connectivity index (χ1n) is 16.6. The van der Waals surface area contributed by atoms with Gasteiger partial charge in [-0.25, -0.2) is 14.3 Å². The third-order valence-electron chi connectivity index (χ3n) is 9.17. The van der Waals surface area contributed by atoms with E-state index in [2.05, 4.69) is 32.2 Å². The van der Waals surface area contributed by atoms with Gasteiger partial charge in [-0.3, -0.25) is 4.90 Å². The lowest BCUT2D eigenvalue weighted by atomic mass is 10.0. The fourth-order valence-corrected chi connectivity index (χ4v) is 6.62. The van der Waals surface area contributed by atoms with Gasteiger partial charge in [-0.2, -0.15) is 0 Å². The van der Waals surface area contributed by atoms with Crippen LogP contribution in [0.15, 0.2) is 91.1 Å². The number of aromatic nitrogens is 3. The molecule has 254 valence electrons. The fraction of sp³-hybridized carbons (Fsp3) is 0.324. The summed E-state index contributed by atoms with van der Waals surface area (Å²) >= 11 is 0. The molecule has 0 amide bonds. The number of rotatable bonds is 10. The van der Waals surface area contributed by atoms with Gasteiger partial charge < -0.3 is 29.3 Å². The summed E-state index contributed by atoms with van der Waals surface area (Å²) in [6, 6.07) is 28.1. The average molecular weight is 664 g/mol. The van der Waals surface area contributed by atoms with Crippen molar-refractivity contribution in [2.45, 2.75) is 25.5 Å². The van der Waals surface area contributed by atoms with Gasteiger partial charge in [0, 0.05) is 62.6 Å². The van der Waals surface area contributed by atoms with Crippen LogP contribution in [0.5, 0.6) is 11.5 Å². The quantitative estimate of drug-likeness (QED) is 0.178. The highest BCUT2D eigenvalue weighted by molar-refractivity contribution is 5.73. The van der Waals surface area contributed by atoms with E-state index in [1.165, 1.54) is 0 Å². The largest absolute Gasteiger partial charge is 0.528 e. The number of fused-ring (bicyclic) bond motifs is 1. The minimum Gasteiger partial charge on any atom is -0.496 e. The number of carbonyl (C=O) groups excluding carboxylic acids is 1. The topological polar surface area (TPSA) is 106 Å². The zero-order valence-corrected chi connectivity index (χ0v) is 27.8. The molecule has 4 heterocycles. The molecule has 2 saturated heterocycles. The zero-order chi connectivity index (χ0) is 33.6.